The fraction of sp³-hybridized carbons (Fsp3) is 0.312. The maximum atomic E-state index is 12.3. The molecule has 2 heterocycles. The second-order valence-electron chi connectivity index (χ2n) is 5.59. The molecule has 0 radical (unpaired) electrons. The lowest BCUT2D eigenvalue weighted by molar-refractivity contribution is 0.0950. The van der Waals surface area contributed by atoms with Gasteiger partial charge in [-0.15, -0.1) is 0 Å². The number of nitrogens with one attached hydrogen (secondary N) is 1. The van der Waals surface area contributed by atoms with E-state index in [4.69, 9.17) is 8.94 Å². The fourth-order valence-corrected chi connectivity index (χ4v) is 2.46. The van der Waals surface area contributed by atoms with Crippen molar-refractivity contribution in [3.05, 3.63) is 47.3 Å². The molecule has 1 aliphatic rings. The average molecular weight is 297 g/mol. The summed E-state index contributed by atoms with van der Waals surface area (Å²) in [6.45, 7) is 2.10. The van der Waals surface area contributed by atoms with Crippen LogP contribution in [-0.2, 0) is 6.54 Å². The smallest absolute Gasteiger partial charge is 0.255 e. The van der Waals surface area contributed by atoms with Gasteiger partial charge in [0.1, 0.15) is 11.3 Å². The first-order valence-electron chi connectivity index (χ1n) is 7.30. The highest BCUT2D eigenvalue weighted by molar-refractivity contribution is 6.04. The van der Waals surface area contributed by atoms with Crippen LogP contribution >= 0.6 is 0 Å². The number of nitrogens with zero attached hydrogens (tertiary/aromatic N) is 2. The van der Waals surface area contributed by atoms with E-state index in [-0.39, 0.29) is 12.5 Å². The maximum absolute atomic E-state index is 12.3. The van der Waals surface area contributed by atoms with Crippen LogP contribution in [0.2, 0.25) is 0 Å². The Labute approximate surface area is 126 Å². The number of furan rings is 1. The highest BCUT2D eigenvalue weighted by atomic mass is 16.5. The zero-order chi connectivity index (χ0) is 15.1. The lowest BCUT2D eigenvalue weighted by Crippen LogP contribution is -2.23. The highest BCUT2D eigenvalue weighted by Crippen LogP contribution is 2.38. The van der Waals surface area contributed by atoms with Gasteiger partial charge < -0.3 is 14.3 Å². The normalized spacial score (nSPS) is 14.4. The Morgan fingerprint density at radius 1 is 1.41 bits per heavy atom. The first-order chi connectivity index (χ1) is 10.7. The zero-order valence-corrected chi connectivity index (χ0v) is 12.1. The second-order valence-corrected chi connectivity index (χ2v) is 5.59. The summed E-state index contributed by atoms with van der Waals surface area (Å²) in [5.74, 6) is 2.16. The molecule has 1 amide bonds. The van der Waals surface area contributed by atoms with E-state index in [0.29, 0.717) is 28.8 Å². The van der Waals surface area contributed by atoms with Crippen molar-refractivity contribution in [2.45, 2.75) is 32.2 Å². The molecule has 1 N–H and O–H groups in total. The van der Waals surface area contributed by atoms with Crippen molar-refractivity contribution in [1.82, 2.24) is 15.5 Å². The van der Waals surface area contributed by atoms with Gasteiger partial charge in [0.05, 0.1) is 12.1 Å². The number of hydrogen-bond donors (Lipinski definition) is 1. The van der Waals surface area contributed by atoms with Crippen molar-refractivity contribution in [2.75, 3.05) is 0 Å². The minimum absolute atomic E-state index is 0.210. The summed E-state index contributed by atoms with van der Waals surface area (Å²) in [4.78, 5) is 16.6. The van der Waals surface area contributed by atoms with Gasteiger partial charge in [-0.2, -0.15) is 4.98 Å². The van der Waals surface area contributed by atoms with E-state index in [1.807, 2.05) is 25.1 Å². The first kappa shape index (κ1) is 13.1. The Morgan fingerprint density at radius 2 is 2.27 bits per heavy atom. The van der Waals surface area contributed by atoms with Crippen molar-refractivity contribution in [3.8, 4) is 0 Å². The van der Waals surface area contributed by atoms with Gasteiger partial charge in [0.25, 0.3) is 5.91 Å². The standard InChI is InChI=1S/C16H15N3O3/c1-9-7-11-3-2-4-12(14(11)21-9)15(20)17-8-13-18-16(22-19-13)10-5-6-10/h2-4,7,10H,5-6,8H2,1H3,(H,17,20). The molecule has 1 aromatic carbocycles. The summed E-state index contributed by atoms with van der Waals surface area (Å²) in [5, 5.41) is 7.61. The minimum atomic E-state index is -0.210. The number of benzene rings is 1. The van der Waals surface area contributed by atoms with E-state index < -0.39 is 0 Å². The molecular weight excluding hydrogens is 282 g/mol. The molecule has 0 spiro atoms. The number of aromatic nitrogens is 2. The third-order valence-electron chi connectivity index (χ3n) is 3.73. The number of fused-ring (bicyclic) bond motifs is 1. The van der Waals surface area contributed by atoms with E-state index in [1.54, 1.807) is 6.07 Å². The summed E-state index contributed by atoms with van der Waals surface area (Å²) < 4.78 is 10.8. The largest absolute Gasteiger partial charge is 0.461 e. The van der Waals surface area contributed by atoms with Crippen molar-refractivity contribution in [3.63, 3.8) is 0 Å². The highest BCUT2D eigenvalue weighted by Gasteiger charge is 2.29. The number of rotatable bonds is 4. The van der Waals surface area contributed by atoms with Crippen LogP contribution in [0.4, 0.5) is 0 Å². The molecule has 0 saturated heterocycles. The molecule has 6 heteroatoms. The predicted molar refractivity (Wildman–Crippen MR) is 78.4 cm³/mol. The monoisotopic (exact) mass is 297 g/mol. The number of para-hydroxylation sites is 1. The van der Waals surface area contributed by atoms with Crippen LogP contribution in [-0.4, -0.2) is 16.0 Å². The SMILES string of the molecule is Cc1cc2cccc(C(=O)NCc3noc(C4CC4)n3)c2o1. The quantitative estimate of drug-likeness (QED) is 0.800. The molecule has 4 rings (SSSR count). The molecule has 0 unspecified atom stereocenters. The van der Waals surface area contributed by atoms with Crippen LogP contribution in [0.5, 0.6) is 0 Å². The fourth-order valence-electron chi connectivity index (χ4n) is 2.46. The summed E-state index contributed by atoms with van der Waals surface area (Å²) >= 11 is 0. The lowest BCUT2D eigenvalue weighted by atomic mass is 10.1. The Morgan fingerprint density at radius 3 is 3.09 bits per heavy atom. The molecule has 22 heavy (non-hydrogen) atoms. The van der Waals surface area contributed by atoms with Crippen LogP contribution in [0.25, 0.3) is 11.0 Å². The first-order valence-corrected chi connectivity index (χ1v) is 7.30. The Hall–Kier alpha value is -2.63. The average Bonchev–Trinajstić information content (AvgIpc) is 3.12. The summed E-state index contributed by atoms with van der Waals surface area (Å²) in [5.41, 5.74) is 1.11. The number of hydrogen-bond acceptors (Lipinski definition) is 5. The maximum Gasteiger partial charge on any atom is 0.255 e. The van der Waals surface area contributed by atoms with Crippen LogP contribution in [0.3, 0.4) is 0 Å². The molecule has 3 aromatic rings. The van der Waals surface area contributed by atoms with E-state index >= 15 is 0 Å². The van der Waals surface area contributed by atoms with E-state index in [2.05, 4.69) is 15.5 Å². The Balaban J connectivity index is 1.50. The molecule has 2 aromatic heterocycles. The molecule has 0 bridgehead atoms. The second kappa shape index (κ2) is 4.98. The van der Waals surface area contributed by atoms with Crippen LogP contribution in [0, 0.1) is 6.92 Å². The molecule has 0 aliphatic heterocycles. The van der Waals surface area contributed by atoms with Crippen molar-refractivity contribution < 1.29 is 13.7 Å². The molecule has 1 aliphatic carbocycles. The van der Waals surface area contributed by atoms with Gasteiger partial charge in [-0.1, -0.05) is 17.3 Å². The van der Waals surface area contributed by atoms with Crippen LogP contribution in [0.1, 0.15) is 46.6 Å². The number of carbonyl (C=O) groups is 1. The van der Waals surface area contributed by atoms with Gasteiger partial charge in [0.15, 0.2) is 5.82 Å². The topological polar surface area (TPSA) is 81.2 Å². The minimum Gasteiger partial charge on any atom is -0.461 e. The van der Waals surface area contributed by atoms with Crippen molar-refractivity contribution in [1.29, 1.82) is 0 Å². The molecule has 0 atom stereocenters. The van der Waals surface area contributed by atoms with Crippen LogP contribution < -0.4 is 5.32 Å². The Kier molecular flexibility index (Phi) is 2.96. The van der Waals surface area contributed by atoms with Gasteiger partial charge in [-0.05, 0) is 31.9 Å². The van der Waals surface area contributed by atoms with Gasteiger partial charge in [0.2, 0.25) is 5.89 Å². The molecule has 112 valence electrons. The van der Waals surface area contributed by atoms with E-state index in [9.17, 15) is 4.79 Å². The number of carbonyl (C=O) groups excluding carboxylic acids is 1. The predicted octanol–water partition coefficient (Wildman–Crippen LogP) is 2.93. The third-order valence-corrected chi connectivity index (χ3v) is 3.73. The summed E-state index contributed by atoms with van der Waals surface area (Å²) in [7, 11) is 0. The summed E-state index contributed by atoms with van der Waals surface area (Å²) in [6.07, 6.45) is 2.21. The zero-order valence-electron chi connectivity index (χ0n) is 12.1. The molecule has 6 nitrogen and oxygen atoms in total. The van der Waals surface area contributed by atoms with Crippen molar-refractivity contribution >= 4 is 16.9 Å². The van der Waals surface area contributed by atoms with Gasteiger partial charge in [-0.3, -0.25) is 4.79 Å². The molecular formula is C16H15N3O3. The van der Waals surface area contributed by atoms with Crippen LogP contribution in [0.15, 0.2) is 33.2 Å². The molecule has 1 saturated carbocycles. The third kappa shape index (κ3) is 2.36. The summed E-state index contributed by atoms with van der Waals surface area (Å²) in [6, 6.07) is 7.41. The Bertz CT molecular complexity index is 845. The van der Waals surface area contributed by atoms with Gasteiger partial charge in [-0.25, -0.2) is 0 Å². The van der Waals surface area contributed by atoms with Gasteiger partial charge >= 0.3 is 0 Å². The van der Waals surface area contributed by atoms with E-state index in [1.165, 1.54) is 0 Å². The molecule has 1 fully saturated rings. The van der Waals surface area contributed by atoms with Gasteiger partial charge in [0, 0.05) is 11.3 Å². The number of amides is 1. The number of aryl methyl sites for hydroxylation is 1. The van der Waals surface area contributed by atoms with E-state index in [0.717, 1.165) is 24.0 Å². The lowest BCUT2D eigenvalue weighted by Gasteiger charge is -2.03. The van der Waals surface area contributed by atoms with Crippen molar-refractivity contribution in [2.24, 2.45) is 0 Å².